The molecule has 0 saturated carbocycles. The van der Waals surface area contributed by atoms with Gasteiger partial charge in [-0.05, 0) is 49.7 Å². The predicted octanol–water partition coefficient (Wildman–Crippen LogP) is 2.07. The van der Waals surface area contributed by atoms with E-state index < -0.39 is 67.4 Å². The average molecular weight is 622 g/mol. The van der Waals surface area contributed by atoms with E-state index in [0.717, 1.165) is 27.6 Å². The third-order valence-corrected chi connectivity index (χ3v) is 9.73. The minimum Gasteiger partial charge on any atom is -0.335 e. The van der Waals surface area contributed by atoms with Crippen molar-refractivity contribution in [2.24, 2.45) is 0 Å². The number of carbonyl (C=O) groups excluding carboxylic acids is 2. The molecule has 2 aliphatic rings. The lowest BCUT2D eigenvalue weighted by atomic mass is 9.96. The maximum atomic E-state index is 14.9. The number of nitrogens with one attached hydrogen (secondary N) is 1. The van der Waals surface area contributed by atoms with Gasteiger partial charge in [0.05, 0.1) is 12.8 Å². The first kappa shape index (κ1) is 29.7. The maximum Gasteiger partial charge on any atom is 0.247 e. The fraction of sp³-hybridized carbons (Fsp3) is 0.417. The second kappa shape index (κ2) is 10.9. The van der Waals surface area contributed by atoms with E-state index in [1.54, 1.807) is 38.1 Å². The summed E-state index contributed by atoms with van der Waals surface area (Å²) in [4.78, 5) is 29.3. The number of benzene rings is 2. The molecule has 39 heavy (non-hydrogen) atoms. The van der Waals surface area contributed by atoms with Gasteiger partial charge in [-0.15, -0.1) is 0 Å². The fourth-order valence-corrected chi connectivity index (χ4v) is 7.48. The summed E-state index contributed by atoms with van der Waals surface area (Å²) in [5.41, 5.74) is 0.645. The van der Waals surface area contributed by atoms with Gasteiger partial charge in [0, 0.05) is 29.1 Å². The quantitative estimate of drug-likeness (QED) is 0.505. The molecule has 1 N–H and O–H groups in total. The second-order valence-electron chi connectivity index (χ2n) is 9.75. The number of carbonyl (C=O) groups is 2. The average Bonchev–Trinajstić information content (AvgIpc) is 2.82. The van der Waals surface area contributed by atoms with Gasteiger partial charge in [-0.3, -0.25) is 9.59 Å². The zero-order valence-electron chi connectivity index (χ0n) is 21.2. The third-order valence-electron chi connectivity index (χ3n) is 6.64. The van der Waals surface area contributed by atoms with Gasteiger partial charge in [-0.25, -0.2) is 25.9 Å². The van der Waals surface area contributed by atoms with E-state index in [4.69, 9.17) is 23.2 Å². The van der Waals surface area contributed by atoms with Crippen molar-refractivity contribution in [3.63, 3.8) is 0 Å². The first-order valence-electron chi connectivity index (χ1n) is 11.9. The van der Waals surface area contributed by atoms with Crippen LogP contribution < -0.4 is 4.72 Å². The number of nitrogens with zero attached hydrogens (tertiary/aromatic N) is 3. The number of halogens is 3. The molecule has 10 nitrogen and oxygen atoms in total. The summed E-state index contributed by atoms with van der Waals surface area (Å²) in [7, 11) is -8.63. The van der Waals surface area contributed by atoms with E-state index in [1.165, 1.54) is 11.0 Å². The Morgan fingerprint density at radius 3 is 2.15 bits per heavy atom. The summed E-state index contributed by atoms with van der Waals surface area (Å²) in [6.45, 7) is 2.71. The van der Waals surface area contributed by atoms with Crippen LogP contribution in [-0.4, -0.2) is 86.4 Å². The standard InChI is InChI=1S/C24H27Cl2FN4O6S2/c1-14(2)29-13-22-30(39(36,37)21-9-8-17(26)11-18(21)27)12-19(28-38(3,34)35)23(32)31(22)20(24(29)33)10-15-4-6-16(25)7-5-15/h4-9,11,14,19-20,22,28H,10,12-13H2,1-3H3. The molecule has 2 fully saturated rings. The Morgan fingerprint density at radius 2 is 1.59 bits per heavy atom. The van der Waals surface area contributed by atoms with Crippen molar-refractivity contribution in [3.05, 3.63) is 63.9 Å². The van der Waals surface area contributed by atoms with Gasteiger partial charge in [-0.1, -0.05) is 35.3 Å². The molecular formula is C24H27Cl2FN4O6S2. The third kappa shape index (κ3) is 6.08. The summed E-state index contributed by atoms with van der Waals surface area (Å²) >= 11 is 11.8. The highest BCUT2D eigenvalue weighted by Gasteiger charge is 2.54. The van der Waals surface area contributed by atoms with Crippen LogP contribution in [-0.2, 0) is 36.1 Å². The smallest absolute Gasteiger partial charge is 0.247 e. The molecule has 0 bridgehead atoms. The van der Waals surface area contributed by atoms with Gasteiger partial charge < -0.3 is 9.80 Å². The summed E-state index contributed by atoms with van der Waals surface area (Å²) in [6, 6.07) is 6.59. The summed E-state index contributed by atoms with van der Waals surface area (Å²) in [6.07, 6.45) is -0.388. The second-order valence-corrected chi connectivity index (χ2v) is 14.3. The van der Waals surface area contributed by atoms with Crippen LogP contribution in [0.2, 0.25) is 10.0 Å². The number of sulfonamides is 2. The van der Waals surface area contributed by atoms with Crippen molar-refractivity contribution < 1.29 is 30.8 Å². The van der Waals surface area contributed by atoms with Crippen LogP contribution in [0.4, 0.5) is 4.39 Å². The molecule has 0 radical (unpaired) electrons. The highest BCUT2D eigenvalue weighted by Crippen LogP contribution is 2.33. The minimum atomic E-state index is -4.64. The number of piperazine rings is 1. The van der Waals surface area contributed by atoms with Gasteiger partial charge in [0.2, 0.25) is 31.9 Å². The Hall–Kier alpha value is -2.29. The molecule has 2 aromatic rings. The van der Waals surface area contributed by atoms with Gasteiger partial charge in [0.15, 0.2) is 0 Å². The van der Waals surface area contributed by atoms with Crippen molar-refractivity contribution >= 4 is 55.1 Å². The van der Waals surface area contributed by atoms with E-state index in [9.17, 15) is 30.8 Å². The number of hydrogen-bond acceptors (Lipinski definition) is 6. The van der Waals surface area contributed by atoms with Crippen molar-refractivity contribution in [3.8, 4) is 0 Å². The Labute approximate surface area is 236 Å². The maximum absolute atomic E-state index is 14.9. The molecule has 15 heteroatoms. The Kier molecular flexibility index (Phi) is 8.33. The van der Waals surface area contributed by atoms with E-state index in [-0.39, 0.29) is 24.0 Å². The molecule has 2 amide bonds. The van der Waals surface area contributed by atoms with Crippen molar-refractivity contribution in [2.75, 3.05) is 19.3 Å². The van der Waals surface area contributed by atoms with Gasteiger partial charge >= 0.3 is 0 Å². The minimum absolute atomic E-state index is 0.0102. The number of rotatable bonds is 7. The molecule has 3 atom stereocenters. The Balaban J connectivity index is 1.87. The van der Waals surface area contributed by atoms with Crippen LogP contribution >= 0.6 is 23.2 Å². The van der Waals surface area contributed by atoms with Crippen LogP contribution in [0.5, 0.6) is 0 Å². The highest BCUT2D eigenvalue weighted by atomic mass is 35.5. The van der Waals surface area contributed by atoms with Crippen LogP contribution in [0, 0.1) is 5.82 Å². The van der Waals surface area contributed by atoms with Crippen molar-refractivity contribution in [1.29, 1.82) is 0 Å². The molecule has 0 aliphatic carbocycles. The van der Waals surface area contributed by atoms with E-state index >= 15 is 0 Å². The number of fused-ring (bicyclic) bond motifs is 1. The van der Waals surface area contributed by atoms with Crippen LogP contribution in [0.25, 0.3) is 0 Å². The van der Waals surface area contributed by atoms with E-state index in [0.29, 0.717) is 10.6 Å². The molecule has 2 aliphatic heterocycles. The van der Waals surface area contributed by atoms with Crippen LogP contribution in [0.1, 0.15) is 19.4 Å². The molecule has 4 rings (SSSR count). The molecule has 2 saturated heterocycles. The first-order chi connectivity index (χ1) is 18.1. The van der Waals surface area contributed by atoms with Crippen molar-refractivity contribution in [2.45, 2.75) is 49.5 Å². The molecule has 3 unspecified atom stereocenters. The van der Waals surface area contributed by atoms with Gasteiger partial charge in [-0.2, -0.15) is 4.31 Å². The molecule has 212 valence electrons. The van der Waals surface area contributed by atoms with Crippen LogP contribution in [0.3, 0.4) is 0 Å². The lowest BCUT2D eigenvalue weighted by molar-refractivity contribution is -0.168. The topological polar surface area (TPSA) is 124 Å². The molecule has 2 aromatic carbocycles. The summed E-state index contributed by atoms with van der Waals surface area (Å²) in [5.74, 6) is -2.30. The largest absolute Gasteiger partial charge is 0.335 e. The zero-order chi connectivity index (χ0) is 28.9. The molecule has 0 spiro atoms. The van der Waals surface area contributed by atoms with E-state index in [1.807, 2.05) is 0 Å². The lowest BCUT2D eigenvalue weighted by Crippen LogP contribution is -2.76. The number of amides is 2. The van der Waals surface area contributed by atoms with Gasteiger partial charge in [0.25, 0.3) is 0 Å². The van der Waals surface area contributed by atoms with Gasteiger partial charge in [0.1, 0.15) is 29.0 Å². The van der Waals surface area contributed by atoms with E-state index in [2.05, 4.69) is 4.72 Å². The monoisotopic (exact) mass is 620 g/mol. The molecule has 2 heterocycles. The Bertz CT molecular complexity index is 1500. The fourth-order valence-electron chi connectivity index (χ4n) is 4.87. The summed E-state index contributed by atoms with van der Waals surface area (Å²) < 4.78 is 69.9. The zero-order valence-corrected chi connectivity index (χ0v) is 24.4. The first-order valence-corrected chi connectivity index (χ1v) is 16.0. The van der Waals surface area contributed by atoms with Crippen LogP contribution in [0.15, 0.2) is 47.4 Å². The predicted molar refractivity (Wildman–Crippen MR) is 143 cm³/mol. The number of hydrogen-bond donors (Lipinski definition) is 1. The molecular weight excluding hydrogens is 594 g/mol. The lowest BCUT2D eigenvalue weighted by Gasteiger charge is -2.54. The summed E-state index contributed by atoms with van der Waals surface area (Å²) in [5, 5.41) is 0.444. The SMILES string of the molecule is CC(C)N1CC2N(C(=O)C(NS(C)(=O)=O)CN2S(=O)(=O)c2ccc(Cl)cc2F)C(Cc2ccc(Cl)cc2)C1=O. The Morgan fingerprint density at radius 1 is 0.974 bits per heavy atom. The normalized spacial score (nSPS) is 22.9. The highest BCUT2D eigenvalue weighted by molar-refractivity contribution is 7.89. The molecule has 0 aromatic heterocycles. The van der Waals surface area contributed by atoms with Crippen molar-refractivity contribution in [1.82, 2.24) is 18.8 Å².